The van der Waals surface area contributed by atoms with Gasteiger partial charge in [-0.2, -0.15) is 0 Å². The molecule has 1 saturated heterocycles. The fourth-order valence-corrected chi connectivity index (χ4v) is 1.97. The molecule has 0 spiro atoms. The Hall–Kier alpha value is -1.10. The second-order valence-corrected chi connectivity index (χ2v) is 5.28. The lowest BCUT2D eigenvalue weighted by Crippen LogP contribution is -2.47. The average molecular weight is 243 g/mol. The number of hydrogen-bond donors (Lipinski definition) is 0. The number of ether oxygens (including phenoxy) is 2. The molecule has 1 amide bonds. The van der Waals surface area contributed by atoms with Crippen molar-refractivity contribution in [3.63, 3.8) is 0 Å². The van der Waals surface area contributed by atoms with Gasteiger partial charge >= 0.3 is 6.09 Å². The molecule has 0 bridgehead atoms. The van der Waals surface area contributed by atoms with Gasteiger partial charge in [-0.15, -0.1) is 0 Å². The van der Waals surface area contributed by atoms with E-state index in [-0.39, 0.29) is 12.0 Å². The summed E-state index contributed by atoms with van der Waals surface area (Å²) in [5.41, 5.74) is -0.570. The van der Waals surface area contributed by atoms with Gasteiger partial charge in [0.1, 0.15) is 11.8 Å². The second-order valence-electron chi connectivity index (χ2n) is 5.28. The molecule has 0 saturated carbocycles. The Morgan fingerprint density at radius 3 is 2.24 bits per heavy atom. The molecule has 1 rings (SSSR count). The summed E-state index contributed by atoms with van der Waals surface area (Å²) in [5, 5.41) is 0. The van der Waals surface area contributed by atoms with E-state index in [1.165, 1.54) is 18.9 Å². The normalized spacial score (nSPS) is 24.9. The SMILES string of the molecule is COC1CC[C@@H](C(C)=O)N1C(=O)OC(C)(C)C. The molecule has 1 fully saturated rings. The molecule has 98 valence electrons. The summed E-state index contributed by atoms with van der Waals surface area (Å²) in [6.07, 6.45) is 0.452. The largest absolute Gasteiger partial charge is 0.444 e. The van der Waals surface area contributed by atoms with Crippen LogP contribution < -0.4 is 0 Å². The number of ketones is 1. The Bertz CT molecular complexity index is 308. The summed E-state index contributed by atoms with van der Waals surface area (Å²) in [7, 11) is 1.53. The molecule has 0 aromatic rings. The summed E-state index contributed by atoms with van der Waals surface area (Å²) in [5.74, 6) is -0.0320. The van der Waals surface area contributed by atoms with Crippen LogP contribution in [-0.4, -0.2) is 41.8 Å². The molecular weight excluding hydrogens is 222 g/mol. The van der Waals surface area contributed by atoms with E-state index in [0.29, 0.717) is 12.8 Å². The highest BCUT2D eigenvalue weighted by molar-refractivity contribution is 5.86. The van der Waals surface area contributed by atoms with E-state index in [0.717, 1.165) is 0 Å². The van der Waals surface area contributed by atoms with Crippen molar-refractivity contribution in [2.45, 2.75) is 58.4 Å². The van der Waals surface area contributed by atoms with Crippen LogP contribution in [0.25, 0.3) is 0 Å². The fourth-order valence-electron chi connectivity index (χ4n) is 1.97. The number of rotatable bonds is 2. The summed E-state index contributed by atoms with van der Waals surface area (Å²) >= 11 is 0. The lowest BCUT2D eigenvalue weighted by atomic mass is 10.1. The molecular formula is C12H21NO4. The zero-order valence-electron chi connectivity index (χ0n) is 11.1. The number of likely N-dealkylation sites (tertiary alicyclic amines) is 1. The minimum atomic E-state index is -0.570. The molecule has 0 N–H and O–H groups in total. The van der Waals surface area contributed by atoms with Crippen LogP contribution >= 0.6 is 0 Å². The van der Waals surface area contributed by atoms with Crippen molar-refractivity contribution < 1.29 is 19.1 Å². The standard InChI is InChI=1S/C12H21NO4/c1-8(14)9-6-7-10(16-5)13(9)11(15)17-12(2,3)4/h9-10H,6-7H2,1-5H3/t9-,10?/m0/s1. The average Bonchev–Trinajstić information content (AvgIpc) is 2.57. The Balaban J connectivity index is 2.82. The predicted octanol–water partition coefficient (Wildman–Crippen LogP) is 1.95. The van der Waals surface area contributed by atoms with Gasteiger partial charge in [0.25, 0.3) is 0 Å². The zero-order valence-corrected chi connectivity index (χ0v) is 11.1. The Morgan fingerprint density at radius 2 is 1.82 bits per heavy atom. The molecule has 0 aliphatic carbocycles. The first-order valence-corrected chi connectivity index (χ1v) is 5.81. The number of Topliss-reactive ketones (excluding diaryl/α,β-unsaturated/α-hetero) is 1. The molecule has 5 nitrogen and oxygen atoms in total. The first-order valence-electron chi connectivity index (χ1n) is 5.81. The summed E-state index contributed by atoms with van der Waals surface area (Å²) in [4.78, 5) is 24.9. The van der Waals surface area contributed by atoms with Crippen LogP contribution in [0.15, 0.2) is 0 Å². The minimum absolute atomic E-state index is 0.0320. The summed E-state index contributed by atoms with van der Waals surface area (Å²) in [6.45, 7) is 6.88. The van der Waals surface area contributed by atoms with Crippen LogP contribution in [0.5, 0.6) is 0 Å². The van der Waals surface area contributed by atoms with E-state index >= 15 is 0 Å². The third kappa shape index (κ3) is 3.43. The molecule has 17 heavy (non-hydrogen) atoms. The highest BCUT2D eigenvalue weighted by atomic mass is 16.6. The first kappa shape index (κ1) is 14.0. The number of hydrogen-bond acceptors (Lipinski definition) is 4. The lowest BCUT2D eigenvalue weighted by Gasteiger charge is -2.30. The van der Waals surface area contributed by atoms with Gasteiger partial charge < -0.3 is 9.47 Å². The highest BCUT2D eigenvalue weighted by Crippen LogP contribution is 2.27. The van der Waals surface area contributed by atoms with Crippen molar-refractivity contribution >= 4 is 11.9 Å². The van der Waals surface area contributed by atoms with Crippen LogP contribution in [-0.2, 0) is 14.3 Å². The number of methoxy groups -OCH3 is 1. The maximum atomic E-state index is 12.0. The molecule has 0 aromatic carbocycles. The maximum Gasteiger partial charge on any atom is 0.412 e. The van der Waals surface area contributed by atoms with Crippen LogP contribution in [0.1, 0.15) is 40.5 Å². The third-order valence-corrected chi connectivity index (χ3v) is 2.68. The van der Waals surface area contributed by atoms with Crippen LogP contribution in [0, 0.1) is 0 Å². The van der Waals surface area contributed by atoms with Crippen LogP contribution in [0.2, 0.25) is 0 Å². The van der Waals surface area contributed by atoms with E-state index in [4.69, 9.17) is 9.47 Å². The van der Waals surface area contributed by atoms with Gasteiger partial charge in [0.2, 0.25) is 0 Å². The van der Waals surface area contributed by atoms with Crippen molar-refractivity contribution in [1.29, 1.82) is 0 Å². The Labute approximate surface area is 102 Å². The van der Waals surface area contributed by atoms with Gasteiger partial charge in [-0.3, -0.25) is 9.69 Å². The van der Waals surface area contributed by atoms with Crippen molar-refractivity contribution in [1.82, 2.24) is 4.90 Å². The molecule has 0 aromatic heterocycles. The summed E-state index contributed by atoms with van der Waals surface area (Å²) < 4.78 is 10.5. The quantitative estimate of drug-likeness (QED) is 0.743. The number of nitrogens with zero attached hydrogens (tertiary/aromatic N) is 1. The zero-order chi connectivity index (χ0) is 13.2. The van der Waals surface area contributed by atoms with Gasteiger partial charge in [-0.25, -0.2) is 4.79 Å². The second kappa shape index (κ2) is 5.04. The molecule has 1 heterocycles. The lowest BCUT2D eigenvalue weighted by molar-refractivity contribution is -0.124. The Kier molecular flexibility index (Phi) is 4.14. The highest BCUT2D eigenvalue weighted by Gasteiger charge is 2.41. The molecule has 1 aliphatic rings. The molecule has 1 unspecified atom stereocenters. The number of carbonyl (C=O) groups is 2. The van der Waals surface area contributed by atoms with Gasteiger partial charge in [-0.05, 0) is 40.5 Å². The van der Waals surface area contributed by atoms with E-state index in [2.05, 4.69) is 0 Å². The van der Waals surface area contributed by atoms with Crippen molar-refractivity contribution in [3.05, 3.63) is 0 Å². The van der Waals surface area contributed by atoms with Crippen molar-refractivity contribution in [2.24, 2.45) is 0 Å². The van der Waals surface area contributed by atoms with E-state index in [1.807, 2.05) is 0 Å². The summed E-state index contributed by atoms with van der Waals surface area (Å²) in [6, 6.07) is -0.421. The molecule has 5 heteroatoms. The van der Waals surface area contributed by atoms with Gasteiger partial charge in [0.05, 0.1) is 6.04 Å². The Morgan fingerprint density at radius 1 is 1.24 bits per heavy atom. The maximum absolute atomic E-state index is 12.0. The fraction of sp³-hybridized carbons (Fsp3) is 0.833. The first-order chi connectivity index (χ1) is 7.76. The van der Waals surface area contributed by atoms with Gasteiger partial charge in [0.15, 0.2) is 5.78 Å². The minimum Gasteiger partial charge on any atom is -0.444 e. The van der Waals surface area contributed by atoms with Crippen LogP contribution in [0.3, 0.4) is 0 Å². The van der Waals surface area contributed by atoms with Crippen molar-refractivity contribution in [3.8, 4) is 0 Å². The van der Waals surface area contributed by atoms with Gasteiger partial charge in [0, 0.05) is 7.11 Å². The van der Waals surface area contributed by atoms with Crippen LogP contribution in [0.4, 0.5) is 4.79 Å². The topological polar surface area (TPSA) is 55.8 Å². The van der Waals surface area contributed by atoms with Gasteiger partial charge in [-0.1, -0.05) is 0 Å². The molecule has 1 aliphatic heterocycles. The smallest absolute Gasteiger partial charge is 0.412 e. The number of amides is 1. The van der Waals surface area contributed by atoms with Crippen molar-refractivity contribution in [2.75, 3.05) is 7.11 Å². The molecule has 0 radical (unpaired) electrons. The molecule has 2 atom stereocenters. The van der Waals surface area contributed by atoms with E-state index in [1.54, 1.807) is 20.8 Å². The van der Waals surface area contributed by atoms with E-state index in [9.17, 15) is 9.59 Å². The predicted molar refractivity (Wildman–Crippen MR) is 62.6 cm³/mol. The monoisotopic (exact) mass is 243 g/mol. The van der Waals surface area contributed by atoms with E-state index < -0.39 is 17.7 Å². The number of carbonyl (C=O) groups excluding carboxylic acids is 2. The third-order valence-electron chi connectivity index (χ3n) is 2.68.